The van der Waals surface area contributed by atoms with E-state index in [1.165, 1.54) is 12.1 Å². The lowest BCUT2D eigenvalue weighted by Crippen LogP contribution is -2.42. The third-order valence-corrected chi connectivity index (χ3v) is 6.15. The van der Waals surface area contributed by atoms with Crippen molar-refractivity contribution in [1.82, 2.24) is 15.5 Å². The molecule has 1 aromatic heterocycles. The van der Waals surface area contributed by atoms with E-state index in [4.69, 9.17) is 4.52 Å². The Morgan fingerprint density at radius 3 is 1.97 bits per heavy atom. The van der Waals surface area contributed by atoms with Crippen LogP contribution in [-0.4, -0.2) is 33.2 Å². The van der Waals surface area contributed by atoms with Gasteiger partial charge in [0.25, 0.3) is 11.8 Å². The zero-order chi connectivity index (χ0) is 28.4. The number of amides is 1. The van der Waals surface area contributed by atoms with Gasteiger partial charge in [-0.1, -0.05) is 62.3 Å². The summed E-state index contributed by atoms with van der Waals surface area (Å²) in [7, 11) is 0. The lowest BCUT2D eigenvalue weighted by Gasteiger charge is -2.19. The van der Waals surface area contributed by atoms with E-state index in [-0.39, 0.29) is 23.6 Å². The summed E-state index contributed by atoms with van der Waals surface area (Å²) in [6, 6.07) is 17.0. The van der Waals surface area contributed by atoms with E-state index in [1.54, 1.807) is 36.4 Å². The monoisotopic (exact) mass is 537 g/mol. The SMILES string of the molecule is CC(C)(C)c1ccc(C(=O)NC(Cc2ccc(-c3noc(-c4ccc(C(F)(F)F)cc4)n3)cc2)C(=O)O)cc1. The van der Waals surface area contributed by atoms with Gasteiger partial charge in [0.05, 0.1) is 5.56 Å². The molecule has 10 heteroatoms. The molecule has 202 valence electrons. The van der Waals surface area contributed by atoms with Gasteiger partial charge in [0.2, 0.25) is 5.82 Å². The predicted octanol–water partition coefficient (Wildman–Crippen LogP) is 6.15. The smallest absolute Gasteiger partial charge is 0.416 e. The minimum atomic E-state index is -4.44. The molecular formula is C29H26F3N3O4. The van der Waals surface area contributed by atoms with E-state index < -0.39 is 29.7 Å². The number of halogens is 3. The summed E-state index contributed by atoms with van der Waals surface area (Å²) >= 11 is 0. The summed E-state index contributed by atoms with van der Waals surface area (Å²) in [4.78, 5) is 28.8. The van der Waals surface area contributed by atoms with Crippen molar-refractivity contribution in [3.63, 3.8) is 0 Å². The minimum Gasteiger partial charge on any atom is -0.480 e. The number of hydrogen-bond donors (Lipinski definition) is 2. The Kier molecular flexibility index (Phi) is 7.58. The number of benzene rings is 3. The Bertz CT molecular complexity index is 1450. The largest absolute Gasteiger partial charge is 0.480 e. The van der Waals surface area contributed by atoms with Crippen LogP contribution in [-0.2, 0) is 22.8 Å². The molecule has 0 aliphatic rings. The molecule has 3 aromatic carbocycles. The van der Waals surface area contributed by atoms with Crippen molar-refractivity contribution < 1.29 is 32.4 Å². The minimum absolute atomic E-state index is 0.0461. The molecule has 0 bridgehead atoms. The van der Waals surface area contributed by atoms with Gasteiger partial charge in [-0.15, -0.1) is 0 Å². The summed E-state index contributed by atoms with van der Waals surface area (Å²) < 4.78 is 43.6. The number of hydrogen-bond acceptors (Lipinski definition) is 5. The summed E-state index contributed by atoms with van der Waals surface area (Å²) in [5.41, 5.74) is 2.13. The molecule has 39 heavy (non-hydrogen) atoms. The molecule has 2 N–H and O–H groups in total. The molecule has 0 saturated carbocycles. The van der Waals surface area contributed by atoms with Crippen LogP contribution in [0.25, 0.3) is 22.8 Å². The van der Waals surface area contributed by atoms with Gasteiger partial charge < -0.3 is 14.9 Å². The first-order valence-electron chi connectivity index (χ1n) is 12.1. The molecule has 0 spiro atoms. The molecule has 4 aromatic rings. The summed E-state index contributed by atoms with van der Waals surface area (Å²) in [5.74, 6) is -1.37. The first-order chi connectivity index (χ1) is 18.3. The summed E-state index contributed by atoms with van der Waals surface area (Å²) in [6.07, 6.45) is -4.40. The van der Waals surface area contributed by atoms with Crippen LogP contribution in [0.3, 0.4) is 0 Å². The molecule has 0 saturated heterocycles. The van der Waals surface area contributed by atoms with Crippen molar-refractivity contribution in [2.75, 3.05) is 0 Å². The highest BCUT2D eigenvalue weighted by Gasteiger charge is 2.30. The first-order valence-corrected chi connectivity index (χ1v) is 12.1. The van der Waals surface area contributed by atoms with Gasteiger partial charge in [-0.25, -0.2) is 4.79 Å². The number of alkyl halides is 3. The quantitative estimate of drug-likeness (QED) is 0.293. The molecule has 1 atom stereocenters. The van der Waals surface area contributed by atoms with E-state index in [0.29, 0.717) is 22.3 Å². The maximum atomic E-state index is 12.8. The Labute approximate surface area is 222 Å². The van der Waals surface area contributed by atoms with Crippen LogP contribution in [0.5, 0.6) is 0 Å². The number of carboxylic acid groups (broad SMARTS) is 1. The van der Waals surface area contributed by atoms with Crippen molar-refractivity contribution in [3.05, 3.63) is 95.1 Å². The average molecular weight is 538 g/mol. The standard InChI is InChI=1S/C29H26F3N3O4/c1-28(2,3)21-12-8-19(9-13-21)25(36)33-23(27(37)38)16-17-4-6-18(7-5-17)24-34-26(39-35-24)20-10-14-22(15-11-20)29(30,31)32/h4-15,23H,16H2,1-3H3,(H,33,36)(H,37,38). The van der Waals surface area contributed by atoms with E-state index in [9.17, 15) is 27.9 Å². The highest BCUT2D eigenvalue weighted by molar-refractivity contribution is 5.96. The number of nitrogens with zero attached hydrogens (tertiary/aromatic N) is 2. The fraction of sp³-hybridized carbons (Fsp3) is 0.241. The van der Waals surface area contributed by atoms with Crippen LogP contribution in [0.15, 0.2) is 77.3 Å². The fourth-order valence-corrected chi connectivity index (χ4v) is 3.85. The molecule has 0 fully saturated rings. The van der Waals surface area contributed by atoms with Gasteiger partial charge in [0.1, 0.15) is 6.04 Å². The predicted molar refractivity (Wildman–Crippen MR) is 138 cm³/mol. The maximum Gasteiger partial charge on any atom is 0.416 e. The Hall–Kier alpha value is -4.47. The lowest BCUT2D eigenvalue weighted by molar-refractivity contribution is -0.139. The number of rotatable bonds is 7. The Balaban J connectivity index is 1.42. The van der Waals surface area contributed by atoms with Crippen LogP contribution < -0.4 is 5.32 Å². The number of aliphatic carboxylic acids is 1. The lowest BCUT2D eigenvalue weighted by atomic mass is 9.86. The second-order valence-electron chi connectivity index (χ2n) is 10.1. The van der Waals surface area contributed by atoms with Gasteiger partial charge in [-0.3, -0.25) is 4.79 Å². The number of carbonyl (C=O) groups is 2. The van der Waals surface area contributed by atoms with E-state index in [1.807, 2.05) is 12.1 Å². The molecule has 1 unspecified atom stereocenters. The summed E-state index contributed by atoms with van der Waals surface area (Å²) in [6.45, 7) is 6.18. The van der Waals surface area contributed by atoms with Crippen LogP contribution in [0, 0.1) is 0 Å². The molecule has 7 nitrogen and oxygen atoms in total. The van der Waals surface area contributed by atoms with Gasteiger partial charge in [0, 0.05) is 23.1 Å². The van der Waals surface area contributed by atoms with Crippen molar-refractivity contribution in [3.8, 4) is 22.8 Å². The molecule has 0 radical (unpaired) electrons. The average Bonchev–Trinajstić information content (AvgIpc) is 3.38. The van der Waals surface area contributed by atoms with Crippen LogP contribution in [0.4, 0.5) is 13.2 Å². The van der Waals surface area contributed by atoms with Crippen molar-refractivity contribution in [1.29, 1.82) is 0 Å². The van der Waals surface area contributed by atoms with Crippen molar-refractivity contribution in [2.45, 2.75) is 44.8 Å². The Morgan fingerprint density at radius 2 is 1.44 bits per heavy atom. The van der Waals surface area contributed by atoms with Gasteiger partial charge in [0.15, 0.2) is 0 Å². The number of aromatic nitrogens is 2. The third kappa shape index (κ3) is 6.70. The second kappa shape index (κ2) is 10.7. The van der Waals surface area contributed by atoms with Crippen molar-refractivity contribution >= 4 is 11.9 Å². The van der Waals surface area contributed by atoms with Gasteiger partial charge in [-0.2, -0.15) is 18.2 Å². The molecule has 1 amide bonds. The summed E-state index contributed by atoms with van der Waals surface area (Å²) in [5, 5.41) is 16.1. The van der Waals surface area contributed by atoms with Gasteiger partial charge in [-0.05, 0) is 52.9 Å². The third-order valence-electron chi connectivity index (χ3n) is 6.15. The molecule has 1 heterocycles. The first kappa shape index (κ1) is 27.6. The molecule has 0 aliphatic heterocycles. The zero-order valence-corrected chi connectivity index (χ0v) is 21.4. The van der Waals surface area contributed by atoms with Crippen LogP contribution in [0.2, 0.25) is 0 Å². The topological polar surface area (TPSA) is 105 Å². The fourth-order valence-electron chi connectivity index (χ4n) is 3.85. The highest BCUT2D eigenvalue weighted by Crippen LogP contribution is 2.31. The zero-order valence-electron chi connectivity index (χ0n) is 21.4. The normalized spacial score (nSPS) is 12.7. The number of carboxylic acids is 1. The van der Waals surface area contributed by atoms with Crippen LogP contribution in [0.1, 0.15) is 47.8 Å². The van der Waals surface area contributed by atoms with E-state index in [0.717, 1.165) is 17.7 Å². The van der Waals surface area contributed by atoms with Gasteiger partial charge >= 0.3 is 12.1 Å². The Morgan fingerprint density at radius 1 is 0.872 bits per heavy atom. The molecule has 4 rings (SSSR count). The second-order valence-corrected chi connectivity index (χ2v) is 10.1. The molecular weight excluding hydrogens is 511 g/mol. The van der Waals surface area contributed by atoms with E-state index >= 15 is 0 Å². The van der Waals surface area contributed by atoms with Crippen LogP contribution >= 0.6 is 0 Å². The number of carbonyl (C=O) groups excluding carboxylic acids is 1. The van der Waals surface area contributed by atoms with E-state index in [2.05, 4.69) is 36.2 Å². The number of nitrogens with one attached hydrogen (secondary N) is 1. The highest BCUT2D eigenvalue weighted by atomic mass is 19.4. The molecule has 0 aliphatic carbocycles. The maximum absolute atomic E-state index is 12.8. The van der Waals surface area contributed by atoms with Crippen molar-refractivity contribution in [2.24, 2.45) is 0 Å².